The molecule has 0 radical (unpaired) electrons. The molecule has 0 aromatic heterocycles. The monoisotopic (exact) mass is 777 g/mol. The van der Waals surface area contributed by atoms with Crippen LogP contribution in [0.3, 0.4) is 0 Å². The molecule has 10 aromatic rings. The number of fused-ring (bicyclic) bond motifs is 4. The van der Waals surface area contributed by atoms with E-state index in [9.17, 15) is 0 Å². The predicted octanol–water partition coefficient (Wildman–Crippen LogP) is 16.3. The third kappa shape index (κ3) is 6.26. The third-order valence-electron chi connectivity index (χ3n) is 12.8. The van der Waals surface area contributed by atoms with E-state index in [4.69, 9.17) is 0 Å². The van der Waals surface area contributed by atoms with Crippen LogP contribution in [0, 0.1) is 0 Å². The van der Waals surface area contributed by atoms with Gasteiger partial charge in [-0.25, -0.2) is 0 Å². The van der Waals surface area contributed by atoms with Gasteiger partial charge in [0, 0.05) is 22.2 Å². The maximum Gasteiger partial charge on any atom is 0.0543 e. The Hall–Kier alpha value is -7.74. The molecule has 0 saturated heterocycles. The second-order valence-electron chi connectivity index (χ2n) is 16.2. The highest BCUT2D eigenvalue weighted by atomic mass is 15.1. The van der Waals surface area contributed by atoms with Crippen molar-refractivity contribution in [2.75, 3.05) is 4.90 Å². The summed E-state index contributed by atoms with van der Waals surface area (Å²) in [5.74, 6) is 0. The van der Waals surface area contributed by atoms with Crippen LogP contribution in [0.5, 0.6) is 0 Å². The molecule has 0 amide bonds. The largest absolute Gasteiger partial charge is 0.309 e. The fraction of sp³-hybridized carbons (Fsp3) is 0.0333. The number of para-hydroxylation sites is 1. The normalized spacial score (nSPS) is 14.0. The number of hydrogen-bond donors (Lipinski definition) is 0. The van der Waals surface area contributed by atoms with Crippen LogP contribution in [-0.2, 0) is 5.41 Å². The molecule has 1 nitrogen and oxygen atoms in total. The maximum absolute atomic E-state index is 2.50. The van der Waals surface area contributed by atoms with Crippen LogP contribution in [0.15, 0.2) is 243 Å². The van der Waals surface area contributed by atoms with Crippen LogP contribution in [0.1, 0.15) is 23.6 Å². The van der Waals surface area contributed by atoms with Gasteiger partial charge in [0.05, 0.1) is 11.4 Å². The van der Waals surface area contributed by atoms with E-state index in [1.165, 1.54) is 83.1 Å². The summed E-state index contributed by atoms with van der Waals surface area (Å²) in [5.41, 5.74) is 19.1. The molecule has 10 aromatic carbocycles. The molecule has 0 saturated carbocycles. The van der Waals surface area contributed by atoms with Gasteiger partial charge in [0.2, 0.25) is 0 Å². The van der Waals surface area contributed by atoms with Crippen molar-refractivity contribution in [3.63, 3.8) is 0 Å². The second-order valence-corrected chi connectivity index (χ2v) is 16.2. The zero-order valence-electron chi connectivity index (χ0n) is 34.0. The Labute approximate surface area is 358 Å². The van der Waals surface area contributed by atoms with E-state index >= 15 is 0 Å². The summed E-state index contributed by atoms with van der Waals surface area (Å²) in [5, 5.41) is 2.52. The second kappa shape index (κ2) is 15.1. The summed E-state index contributed by atoms with van der Waals surface area (Å²) in [6.07, 6.45) is 0. The molecule has 1 heteroatoms. The van der Waals surface area contributed by atoms with Crippen LogP contribution in [0.4, 0.5) is 17.1 Å². The van der Waals surface area contributed by atoms with Crippen LogP contribution < -0.4 is 4.90 Å². The third-order valence-corrected chi connectivity index (χ3v) is 12.8. The van der Waals surface area contributed by atoms with Crippen molar-refractivity contribution in [2.24, 2.45) is 0 Å². The summed E-state index contributed by atoms with van der Waals surface area (Å²) in [6, 6.07) is 88.8. The van der Waals surface area contributed by atoms with E-state index < -0.39 is 0 Å². The first-order chi connectivity index (χ1) is 30.1. The summed E-state index contributed by atoms with van der Waals surface area (Å²) in [6.45, 7) is 2.39. The predicted molar refractivity (Wildman–Crippen MR) is 258 cm³/mol. The van der Waals surface area contributed by atoms with Crippen molar-refractivity contribution < 1.29 is 0 Å². The Kier molecular flexibility index (Phi) is 9.02. The first-order valence-corrected chi connectivity index (χ1v) is 21.2. The average Bonchev–Trinajstić information content (AvgIpc) is 3.61. The number of benzene rings is 10. The zero-order chi connectivity index (χ0) is 40.8. The SMILES string of the molecule is CC1(c2ccccc2)c2ccccc2-c2c(N(c3cccc(-c4ccc(-c5cccc6ccccc56)cc4)c3)c3ccccc3-c3ccc(-c4ccccc4)cc3)cccc21. The number of hydrogen-bond acceptors (Lipinski definition) is 1. The molecule has 0 bridgehead atoms. The Morgan fingerprint density at radius 1 is 0.328 bits per heavy atom. The summed E-state index contributed by atoms with van der Waals surface area (Å²) in [4.78, 5) is 2.50. The molecule has 1 unspecified atom stereocenters. The Bertz CT molecular complexity index is 3180. The molecule has 1 atom stereocenters. The van der Waals surface area contributed by atoms with E-state index in [1.54, 1.807) is 0 Å². The highest BCUT2D eigenvalue weighted by molar-refractivity contribution is 6.00. The quantitative estimate of drug-likeness (QED) is 0.149. The first kappa shape index (κ1) is 36.3. The fourth-order valence-corrected chi connectivity index (χ4v) is 9.73. The number of nitrogens with zero attached hydrogens (tertiary/aromatic N) is 1. The van der Waals surface area contributed by atoms with Crippen LogP contribution in [0.2, 0.25) is 0 Å². The molecule has 61 heavy (non-hydrogen) atoms. The Balaban J connectivity index is 1.09. The van der Waals surface area contributed by atoms with E-state index in [-0.39, 0.29) is 5.41 Å². The summed E-state index contributed by atoms with van der Waals surface area (Å²) >= 11 is 0. The molecule has 288 valence electrons. The van der Waals surface area contributed by atoms with Crippen molar-refractivity contribution >= 4 is 27.8 Å². The molecular formula is C60H43N. The highest BCUT2D eigenvalue weighted by Crippen LogP contribution is 2.57. The van der Waals surface area contributed by atoms with Gasteiger partial charge in [0.25, 0.3) is 0 Å². The minimum Gasteiger partial charge on any atom is -0.309 e. The van der Waals surface area contributed by atoms with Crippen LogP contribution >= 0.6 is 0 Å². The molecule has 0 N–H and O–H groups in total. The average molecular weight is 778 g/mol. The lowest BCUT2D eigenvalue weighted by atomic mass is 9.74. The Morgan fingerprint density at radius 2 is 0.820 bits per heavy atom. The standard InChI is InChI=1S/C60H43N/c1-60(49-22-6-3-7-23-49)55-29-12-10-27-54(55)59-56(60)30-16-32-58(59)61(57-31-13-11-26-53(57)47-39-33-43(34-40-47)42-17-4-2-5-18-42)50-24-14-21-48(41-50)44-35-37-46(38-36-44)52-28-15-20-45-19-8-9-25-51(45)52/h2-41H,1H3. The van der Waals surface area contributed by atoms with Gasteiger partial charge in [-0.05, 0) is 103 Å². The van der Waals surface area contributed by atoms with Crippen molar-refractivity contribution in [3.8, 4) is 55.6 Å². The topological polar surface area (TPSA) is 3.24 Å². The van der Waals surface area contributed by atoms with Gasteiger partial charge in [-0.3, -0.25) is 0 Å². The molecule has 1 aliphatic rings. The maximum atomic E-state index is 2.50. The van der Waals surface area contributed by atoms with E-state index in [1.807, 2.05) is 0 Å². The van der Waals surface area contributed by atoms with Crippen molar-refractivity contribution in [3.05, 3.63) is 259 Å². The first-order valence-electron chi connectivity index (χ1n) is 21.2. The number of anilines is 3. The lowest BCUT2D eigenvalue weighted by Gasteiger charge is -2.32. The van der Waals surface area contributed by atoms with Gasteiger partial charge in [-0.2, -0.15) is 0 Å². The van der Waals surface area contributed by atoms with Crippen molar-refractivity contribution in [2.45, 2.75) is 12.3 Å². The van der Waals surface area contributed by atoms with Crippen LogP contribution in [-0.4, -0.2) is 0 Å². The van der Waals surface area contributed by atoms with E-state index in [2.05, 4.69) is 254 Å². The van der Waals surface area contributed by atoms with Crippen molar-refractivity contribution in [1.29, 1.82) is 0 Å². The molecule has 0 heterocycles. The smallest absolute Gasteiger partial charge is 0.0543 e. The minimum absolute atomic E-state index is 0.324. The van der Waals surface area contributed by atoms with Gasteiger partial charge in [-0.15, -0.1) is 0 Å². The van der Waals surface area contributed by atoms with Gasteiger partial charge in [0.1, 0.15) is 0 Å². The zero-order valence-corrected chi connectivity index (χ0v) is 34.0. The molecule has 0 fully saturated rings. The molecular weight excluding hydrogens is 735 g/mol. The molecule has 0 aliphatic heterocycles. The van der Waals surface area contributed by atoms with E-state index in [0.29, 0.717) is 0 Å². The summed E-state index contributed by atoms with van der Waals surface area (Å²) < 4.78 is 0. The molecule has 11 rings (SSSR count). The summed E-state index contributed by atoms with van der Waals surface area (Å²) in [7, 11) is 0. The molecule has 0 spiro atoms. The van der Waals surface area contributed by atoms with Gasteiger partial charge >= 0.3 is 0 Å². The Morgan fingerprint density at radius 3 is 1.61 bits per heavy atom. The fourth-order valence-electron chi connectivity index (χ4n) is 9.73. The van der Waals surface area contributed by atoms with E-state index in [0.717, 1.165) is 17.1 Å². The molecule has 1 aliphatic carbocycles. The van der Waals surface area contributed by atoms with Gasteiger partial charge in [0.15, 0.2) is 0 Å². The number of rotatable bonds is 8. The minimum atomic E-state index is -0.324. The lowest BCUT2D eigenvalue weighted by Crippen LogP contribution is -2.22. The van der Waals surface area contributed by atoms with Crippen LogP contribution in [0.25, 0.3) is 66.4 Å². The van der Waals surface area contributed by atoms with Gasteiger partial charge < -0.3 is 4.90 Å². The van der Waals surface area contributed by atoms with Gasteiger partial charge in [-0.1, -0.05) is 218 Å². The van der Waals surface area contributed by atoms with Crippen molar-refractivity contribution in [1.82, 2.24) is 0 Å². The lowest BCUT2D eigenvalue weighted by molar-refractivity contribution is 0.714. The highest BCUT2D eigenvalue weighted by Gasteiger charge is 2.42.